The molecule has 2 aliphatic rings. The number of aliphatic imine (C=N–C) groups is 1. The van der Waals surface area contributed by atoms with E-state index in [0.29, 0.717) is 24.7 Å². The van der Waals surface area contributed by atoms with Crippen LogP contribution in [0, 0.1) is 18.8 Å². The van der Waals surface area contributed by atoms with Crippen LogP contribution in [0.3, 0.4) is 0 Å². The predicted octanol–water partition coefficient (Wildman–Crippen LogP) is 2.71. The van der Waals surface area contributed by atoms with Crippen LogP contribution in [-0.2, 0) is 14.3 Å². The number of amidine groups is 1. The minimum Gasteiger partial charge on any atom is -0.383 e. The topological polar surface area (TPSA) is 107 Å². The lowest BCUT2D eigenvalue weighted by Gasteiger charge is -2.23. The monoisotopic (exact) mass is 440 g/mol. The number of carbonyl (C=O) groups excluding carboxylic acids is 2. The molecule has 0 aliphatic carbocycles. The first-order valence-electron chi connectivity index (χ1n) is 10.8. The van der Waals surface area contributed by atoms with Gasteiger partial charge in [0.05, 0.1) is 19.1 Å². The second-order valence-corrected chi connectivity index (χ2v) is 8.54. The lowest BCUT2D eigenvalue weighted by Crippen LogP contribution is -2.41. The molecular weight excluding hydrogens is 408 g/mol. The maximum atomic E-state index is 12.8. The van der Waals surface area contributed by atoms with Crippen LogP contribution in [0.4, 0.5) is 11.4 Å². The molecule has 3 N–H and O–H groups in total. The van der Waals surface area contributed by atoms with Crippen LogP contribution in [0.1, 0.15) is 33.3 Å². The molecule has 2 amide bonds. The average molecular weight is 441 g/mol. The first kappa shape index (κ1) is 23.5. The van der Waals surface area contributed by atoms with E-state index in [1.54, 1.807) is 12.1 Å². The van der Waals surface area contributed by atoms with E-state index in [1.807, 2.05) is 52.8 Å². The number of anilines is 2. The number of nitrogens with one attached hydrogen (secondary N) is 3. The van der Waals surface area contributed by atoms with Gasteiger partial charge in [0, 0.05) is 30.4 Å². The SMILES string of the molecule is COC[C@H](C)NC(=O)C1CN2N=CN=C(Nc3cc(NC(=O)C(C)C)ccc3C)C2=C1C. The maximum Gasteiger partial charge on any atom is 0.229 e. The minimum atomic E-state index is -0.329. The van der Waals surface area contributed by atoms with Crippen LogP contribution in [0.25, 0.3) is 0 Å². The third-order valence-corrected chi connectivity index (χ3v) is 5.52. The number of methoxy groups -OCH3 is 1. The van der Waals surface area contributed by atoms with Crippen LogP contribution in [-0.4, -0.2) is 55.3 Å². The van der Waals surface area contributed by atoms with Crippen molar-refractivity contribution in [2.75, 3.05) is 30.9 Å². The molecule has 1 aromatic rings. The Hall–Kier alpha value is -3.20. The van der Waals surface area contributed by atoms with Crippen molar-refractivity contribution in [3.8, 4) is 0 Å². The van der Waals surface area contributed by atoms with Gasteiger partial charge < -0.3 is 20.7 Å². The van der Waals surface area contributed by atoms with Crippen LogP contribution >= 0.6 is 0 Å². The van der Waals surface area contributed by atoms with Gasteiger partial charge in [-0.2, -0.15) is 5.10 Å². The summed E-state index contributed by atoms with van der Waals surface area (Å²) in [6.45, 7) is 10.4. The molecule has 0 aromatic heterocycles. The zero-order chi connectivity index (χ0) is 23.4. The van der Waals surface area contributed by atoms with Gasteiger partial charge in [-0.05, 0) is 44.0 Å². The molecule has 2 aliphatic heterocycles. The van der Waals surface area contributed by atoms with Crippen molar-refractivity contribution < 1.29 is 14.3 Å². The Balaban J connectivity index is 1.81. The van der Waals surface area contributed by atoms with E-state index in [2.05, 4.69) is 26.0 Å². The Bertz CT molecular complexity index is 982. The summed E-state index contributed by atoms with van der Waals surface area (Å²) < 4.78 is 5.11. The summed E-state index contributed by atoms with van der Waals surface area (Å²) in [7, 11) is 1.61. The first-order chi connectivity index (χ1) is 15.2. The highest BCUT2D eigenvalue weighted by Gasteiger charge is 2.37. The Kier molecular flexibility index (Phi) is 7.29. The quantitative estimate of drug-likeness (QED) is 0.604. The van der Waals surface area contributed by atoms with Gasteiger partial charge in [-0.15, -0.1) is 0 Å². The third-order valence-electron chi connectivity index (χ3n) is 5.52. The van der Waals surface area contributed by atoms with E-state index < -0.39 is 0 Å². The Labute approximate surface area is 189 Å². The fourth-order valence-corrected chi connectivity index (χ4v) is 3.65. The number of hydrogen-bond acceptors (Lipinski definition) is 7. The zero-order valence-corrected chi connectivity index (χ0v) is 19.5. The van der Waals surface area contributed by atoms with E-state index >= 15 is 0 Å². The molecule has 172 valence electrons. The second-order valence-electron chi connectivity index (χ2n) is 8.54. The predicted molar refractivity (Wildman–Crippen MR) is 127 cm³/mol. The number of rotatable bonds is 7. The number of ether oxygens (including phenoxy) is 1. The summed E-state index contributed by atoms with van der Waals surface area (Å²) in [6.07, 6.45) is 1.48. The van der Waals surface area contributed by atoms with Crippen molar-refractivity contribution in [1.82, 2.24) is 10.3 Å². The van der Waals surface area contributed by atoms with Gasteiger partial charge in [0.2, 0.25) is 11.8 Å². The molecule has 0 fully saturated rings. The molecule has 1 unspecified atom stereocenters. The van der Waals surface area contributed by atoms with E-state index in [1.165, 1.54) is 6.34 Å². The van der Waals surface area contributed by atoms with E-state index in [4.69, 9.17) is 4.74 Å². The molecule has 32 heavy (non-hydrogen) atoms. The summed E-state index contributed by atoms with van der Waals surface area (Å²) in [5.74, 6) is 0.0794. The minimum absolute atomic E-state index is 0.0426. The van der Waals surface area contributed by atoms with Gasteiger partial charge in [0.25, 0.3) is 0 Å². The first-order valence-corrected chi connectivity index (χ1v) is 10.8. The van der Waals surface area contributed by atoms with Gasteiger partial charge in [-0.25, -0.2) is 4.99 Å². The number of nitrogens with zero attached hydrogens (tertiary/aromatic N) is 3. The van der Waals surface area contributed by atoms with E-state index in [0.717, 1.165) is 22.5 Å². The van der Waals surface area contributed by atoms with Gasteiger partial charge in [0.15, 0.2) is 5.84 Å². The fraction of sp³-hybridized carbons (Fsp3) is 0.478. The Morgan fingerprint density at radius 1 is 1.25 bits per heavy atom. The number of aryl methyl sites for hydroxylation is 1. The molecule has 9 nitrogen and oxygen atoms in total. The van der Waals surface area contributed by atoms with Crippen molar-refractivity contribution in [3.63, 3.8) is 0 Å². The fourth-order valence-electron chi connectivity index (χ4n) is 3.65. The molecule has 0 spiro atoms. The average Bonchev–Trinajstić information content (AvgIpc) is 3.08. The van der Waals surface area contributed by atoms with Gasteiger partial charge >= 0.3 is 0 Å². The van der Waals surface area contributed by atoms with Crippen molar-refractivity contribution >= 4 is 35.4 Å². The van der Waals surface area contributed by atoms with Crippen LogP contribution in [0.5, 0.6) is 0 Å². The van der Waals surface area contributed by atoms with Crippen molar-refractivity contribution in [2.24, 2.45) is 21.9 Å². The van der Waals surface area contributed by atoms with Gasteiger partial charge in [-0.3, -0.25) is 14.6 Å². The summed E-state index contributed by atoms with van der Waals surface area (Å²) in [4.78, 5) is 29.3. The molecular formula is C23H32N6O3. The molecule has 3 rings (SSSR count). The summed E-state index contributed by atoms with van der Waals surface area (Å²) >= 11 is 0. The number of carbonyl (C=O) groups is 2. The number of fused-ring (bicyclic) bond motifs is 1. The highest BCUT2D eigenvalue weighted by Crippen LogP contribution is 2.32. The molecule has 9 heteroatoms. The molecule has 0 radical (unpaired) electrons. The van der Waals surface area contributed by atoms with Crippen LogP contribution in [0.15, 0.2) is 39.6 Å². The second kappa shape index (κ2) is 9.95. The molecule has 1 aromatic carbocycles. The number of hydrazone groups is 1. The smallest absolute Gasteiger partial charge is 0.229 e. The molecule has 0 saturated heterocycles. The Morgan fingerprint density at radius 2 is 2.00 bits per heavy atom. The normalized spacial score (nSPS) is 18.4. The lowest BCUT2D eigenvalue weighted by atomic mass is 10.0. The summed E-state index contributed by atoms with van der Waals surface area (Å²) in [5, 5.41) is 15.4. The number of hydrogen-bond donors (Lipinski definition) is 3. The van der Waals surface area contributed by atoms with Crippen molar-refractivity contribution in [1.29, 1.82) is 0 Å². The molecule has 2 atom stereocenters. The highest BCUT2D eigenvalue weighted by molar-refractivity contribution is 6.13. The maximum absolute atomic E-state index is 12.8. The Morgan fingerprint density at radius 3 is 2.69 bits per heavy atom. The van der Waals surface area contributed by atoms with Crippen LogP contribution < -0.4 is 16.0 Å². The summed E-state index contributed by atoms with van der Waals surface area (Å²) in [6, 6.07) is 5.62. The molecule has 2 heterocycles. The van der Waals surface area contributed by atoms with Crippen LogP contribution in [0.2, 0.25) is 0 Å². The molecule has 0 saturated carbocycles. The number of amides is 2. The van der Waals surface area contributed by atoms with Crippen molar-refractivity contribution in [3.05, 3.63) is 35.0 Å². The third kappa shape index (κ3) is 5.16. The van der Waals surface area contributed by atoms with Crippen molar-refractivity contribution in [2.45, 2.75) is 40.7 Å². The molecule has 0 bridgehead atoms. The van der Waals surface area contributed by atoms with E-state index in [-0.39, 0.29) is 29.7 Å². The highest BCUT2D eigenvalue weighted by atomic mass is 16.5. The standard InChI is InChI=1S/C23H32N6O3/c1-13(2)22(30)27-17-8-7-14(3)19(9-17)28-21-20-16(5)18(10-29(20)25-12-24-21)23(31)26-15(4)11-32-6/h7-9,12-13,15,18H,10-11H2,1-6H3,(H,26,31)(H,27,30)(H,24,25,28)/t15-,18?/m0/s1. The van der Waals surface area contributed by atoms with Gasteiger partial charge in [-0.1, -0.05) is 19.9 Å². The number of benzene rings is 1. The van der Waals surface area contributed by atoms with E-state index in [9.17, 15) is 9.59 Å². The van der Waals surface area contributed by atoms with Gasteiger partial charge in [0.1, 0.15) is 12.0 Å². The zero-order valence-electron chi connectivity index (χ0n) is 19.5. The lowest BCUT2D eigenvalue weighted by molar-refractivity contribution is -0.124. The summed E-state index contributed by atoms with van der Waals surface area (Å²) in [5.41, 5.74) is 4.23. The largest absolute Gasteiger partial charge is 0.383 e.